The van der Waals surface area contributed by atoms with Crippen LogP contribution in [0.5, 0.6) is 0 Å². The van der Waals surface area contributed by atoms with Gasteiger partial charge in [0.05, 0.1) is 11.4 Å². The van der Waals surface area contributed by atoms with Gasteiger partial charge in [-0.2, -0.15) is 5.26 Å². The normalized spacial score (nSPS) is 23.5. The van der Waals surface area contributed by atoms with Gasteiger partial charge in [-0.05, 0) is 71.4 Å². The molecule has 50 heavy (non-hydrogen) atoms. The first kappa shape index (κ1) is 39.9. The second-order valence-corrected chi connectivity index (χ2v) is 14.3. The highest BCUT2D eigenvalue weighted by molar-refractivity contribution is 6.08. The summed E-state index contributed by atoms with van der Waals surface area (Å²) in [5.41, 5.74) is -2.83. The number of carbonyl (C=O) groups excluding carboxylic acids is 4. The number of amides is 3. The van der Waals surface area contributed by atoms with Crippen LogP contribution in [-0.2, 0) is 34.1 Å². The van der Waals surface area contributed by atoms with Crippen LogP contribution in [0.1, 0.15) is 98.4 Å². The maximum Gasteiger partial charge on any atom is 0.408 e. The maximum absolute atomic E-state index is 13.6. The number of amidine groups is 1. The van der Waals surface area contributed by atoms with E-state index in [1.54, 1.807) is 48.5 Å². The van der Waals surface area contributed by atoms with Crippen LogP contribution in [0.3, 0.4) is 0 Å². The van der Waals surface area contributed by atoms with E-state index in [0.29, 0.717) is 0 Å². The van der Waals surface area contributed by atoms with Gasteiger partial charge in [-0.1, -0.05) is 33.1 Å². The minimum atomic E-state index is -2.18. The summed E-state index contributed by atoms with van der Waals surface area (Å²) in [5.74, 6) is -1.76. The van der Waals surface area contributed by atoms with Crippen LogP contribution in [0.25, 0.3) is 0 Å². The zero-order valence-corrected chi connectivity index (χ0v) is 29.8. The Bertz CT molecular complexity index is 1440. The van der Waals surface area contributed by atoms with Crippen molar-refractivity contribution in [3.63, 3.8) is 0 Å². The van der Waals surface area contributed by atoms with E-state index in [1.807, 2.05) is 6.07 Å². The first-order chi connectivity index (χ1) is 23.5. The van der Waals surface area contributed by atoms with E-state index >= 15 is 0 Å². The van der Waals surface area contributed by atoms with Crippen LogP contribution in [-0.4, -0.2) is 88.9 Å². The molecule has 6 N–H and O–H groups in total. The van der Waals surface area contributed by atoms with E-state index in [9.17, 15) is 29.5 Å². The predicted molar refractivity (Wildman–Crippen MR) is 181 cm³/mol. The molecule has 2 fully saturated rings. The van der Waals surface area contributed by atoms with Gasteiger partial charge >= 0.3 is 24.1 Å². The average Bonchev–Trinajstić information content (AvgIpc) is 3.62. The van der Waals surface area contributed by atoms with E-state index in [1.165, 1.54) is 12.1 Å². The summed E-state index contributed by atoms with van der Waals surface area (Å²) in [6.07, 6.45) is 0.452. The number of nitriles is 1. The number of alkyl carbamates (subject to hydrolysis) is 1. The molecular weight excluding hydrogens is 650 g/mol. The van der Waals surface area contributed by atoms with Crippen molar-refractivity contribution in [2.45, 2.75) is 129 Å². The molecule has 1 aliphatic carbocycles. The van der Waals surface area contributed by atoms with Crippen LogP contribution in [0, 0.1) is 28.6 Å². The summed E-state index contributed by atoms with van der Waals surface area (Å²) >= 11 is 0. The summed E-state index contributed by atoms with van der Waals surface area (Å²) in [6, 6.07) is 2.87. The van der Waals surface area contributed by atoms with Crippen LogP contribution in [0.4, 0.5) is 9.59 Å². The molecule has 0 spiro atoms. The highest BCUT2D eigenvalue weighted by Crippen LogP contribution is 2.41. The van der Waals surface area contributed by atoms with E-state index < -0.39 is 72.1 Å². The lowest BCUT2D eigenvalue weighted by Crippen LogP contribution is -2.50. The Balaban J connectivity index is 1.91. The standard InChI is InChI=1S/C34H51N7O9/c1-19(2)26(40-32(46)50-33(5,6)7)30(44)48-27-23(16-47-25(42)15-21-11-9-8-10-12-21)49-34(17-35,28(27)43)24-14-13-22(39-24)29(37-18-36)41-31(45)38-20(3)4/h13-14,18-21,23,26-28,39,43H,8-12,15-16H2,1-7H3,(H,40,46)(H3,36,37,38,41,45)/t23-,26+,27-,28-,34+/m1/s1. The Labute approximate surface area is 292 Å². The third-order valence-electron chi connectivity index (χ3n) is 8.22. The Morgan fingerprint density at radius 1 is 1.16 bits per heavy atom. The molecule has 16 nitrogen and oxygen atoms in total. The van der Waals surface area contributed by atoms with Crippen molar-refractivity contribution < 1.29 is 43.2 Å². The fraction of sp³-hybridized carbons (Fsp3) is 0.676. The number of aromatic nitrogens is 1. The first-order valence-corrected chi connectivity index (χ1v) is 17.0. The molecule has 0 aromatic carbocycles. The number of H-pyrrole nitrogens is 1. The lowest BCUT2D eigenvalue weighted by Gasteiger charge is -2.28. The molecular formula is C34H51N7O9. The predicted octanol–water partition coefficient (Wildman–Crippen LogP) is 3.53. The highest BCUT2D eigenvalue weighted by atomic mass is 16.6. The van der Waals surface area contributed by atoms with Gasteiger partial charge in [-0.15, -0.1) is 0 Å². The van der Waals surface area contributed by atoms with Gasteiger partial charge in [-0.25, -0.2) is 19.4 Å². The number of aromatic amines is 1. The number of ether oxygens (including phenoxy) is 4. The minimum Gasteiger partial charge on any atom is -0.463 e. The van der Waals surface area contributed by atoms with Gasteiger partial charge in [-0.3, -0.25) is 15.5 Å². The van der Waals surface area contributed by atoms with Gasteiger partial charge in [0.1, 0.15) is 42.9 Å². The molecule has 5 atom stereocenters. The second kappa shape index (κ2) is 17.4. The quantitative estimate of drug-likeness (QED) is 0.0802. The summed E-state index contributed by atoms with van der Waals surface area (Å²) < 4.78 is 22.8. The van der Waals surface area contributed by atoms with Crippen molar-refractivity contribution in [3.8, 4) is 6.07 Å². The summed E-state index contributed by atoms with van der Waals surface area (Å²) in [4.78, 5) is 58.2. The number of hydrogen-bond acceptors (Lipinski definition) is 11. The Hall–Kier alpha value is -4.49. The van der Waals surface area contributed by atoms with E-state index in [4.69, 9.17) is 24.4 Å². The largest absolute Gasteiger partial charge is 0.463 e. The summed E-state index contributed by atoms with van der Waals surface area (Å²) in [6.45, 7) is 11.5. The SMILES string of the molecule is CC(C)NC(=O)N/C(=N/C=N)c1ccc([C@]2(C#N)O[C@H](COC(=O)CC3CCCCC3)[C@@H](OC(=O)[C@@H](NC(=O)OC(C)(C)C)C(C)C)[C@H]2O)[nH]1. The molecule has 1 aliphatic heterocycles. The fourth-order valence-electron chi connectivity index (χ4n) is 5.84. The molecule has 3 rings (SSSR count). The van der Waals surface area contributed by atoms with Crippen molar-refractivity contribution in [2.24, 2.45) is 16.8 Å². The van der Waals surface area contributed by atoms with Crippen LogP contribution < -0.4 is 16.0 Å². The minimum absolute atomic E-state index is 0.00983. The maximum atomic E-state index is 13.6. The number of nitrogens with zero attached hydrogens (tertiary/aromatic N) is 2. The zero-order chi connectivity index (χ0) is 37.2. The fourth-order valence-corrected chi connectivity index (χ4v) is 5.84. The lowest BCUT2D eigenvalue weighted by molar-refractivity contribution is -0.163. The van der Waals surface area contributed by atoms with E-state index in [2.05, 4.69) is 25.9 Å². The van der Waals surface area contributed by atoms with Gasteiger partial charge < -0.3 is 39.7 Å². The number of aliphatic hydroxyl groups is 1. The van der Waals surface area contributed by atoms with Crippen molar-refractivity contribution in [3.05, 3.63) is 23.5 Å². The summed E-state index contributed by atoms with van der Waals surface area (Å²) in [7, 11) is 0. The molecule has 2 heterocycles. The topological polar surface area (TPSA) is 237 Å². The number of aliphatic hydroxyl groups excluding tert-OH is 1. The van der Waals surface area contributed by atoms with E-state index in [0.717, 1.165) is 38.4 Å². The molecule has 0 radical (unpaired) electrons. The molecule has 3 amide bonds. The van der Waals surface area contributed by atoms with Gasteiger partial charge in [0.15, 0.2) is 11.9 Å². The number of hydrogen-bond donors (Lipinski definition) is 6. The molecule has 1 aromatic rings. The molecule has 2 aliphatic rings. The molecule has 1 saturated carbocycles. The number of carbonyl (C=O) groups is 4. The highest BCUT2D eigenvalue weighted by Gasteiger charge is 2.59. The second-order valence-electron chi connectivity index (χ2n) is 14.3. The number of nitrogens with one attached hydrogen (secondary N) is 5. The van der Waals surface area contributed by atoms with E-state index in [-0.39, 0.29) is 35.6 Å². The molecule has 276 valence electrons. The number of aliphatic imine (C=N–C) groups is 1. The third kappa shape index (κ3) is 10.8. The summed E-state index contributed by atoms with van der Waals surface area (Å²) in [5, 5.41) is 37.3. The van der Waals surface area contributed by atoms with Crippen LogP contribution in [0.2, 0.25) is 0 Å². The van der Waals surface area contributed by atoms with Crippen molar-refractivity contribution in [1.82, 2.24) is 20.9 Å². The Kier molecular flexibility index (Phi) is 13.9. The Morgan fingerprint density at radius 2 is 1.84 bits per heavy atom. The molecule has 1 saturated heterocycles. The lowest BCUT2D eigenvalue weighted by atomic mass is 9.87. The number of urea groups is 1. The number of rotatable bonds is 12. The van der Waals surface area contributed by atoms with Crippen molar-refractivity contribution >= 4 is 36.2 Å². The first-order valence-electron chi connectivity index (χ1n) is 17.0. The smallest absolute Gasteiger partial charge is 0.408 e. The molecule has 0 unspecified atom stereocenters. The number of esters is 2. The molecule has 16 heteroatoms. The van der Waals surface area contributed by atoms with Crippen molar-refractivity contribution in [1.29, 1.82) is 10.7 Å². The third-order valence-corrected chi connectivity index (χ3v) is 8.22. The van der Waals surface area contributed by atoms with Gasteiger partial charge in [0.2, 0.25) is 5.60 Å². The van der Waals surface area contributed by atoms with Crippen molar-refractivity contribution in [2.75, 3.05) is 6.61 Å². The van der Waals surface area contributed by atoms with Gasteiger partial charge in [0, 0.05) is 12.5 Å². The average molecular weight is 702 g/mol. The monoisotopic (exact) mass is 701 g/mol. The molecule has 0 bridgehead atoms. The molecule has 1 aromatic heterocycles. The van der Waals surface area contributed by atoms with Crippen LogP contribution in [0.15, 0.2) is 17.1 Å². The Morgan fingerprint density at radius 3 is 2.42 bits per heavy atom. The van der Waals surface area contributed by atoms with Crippen LogP contribution >= 0.6 is 0 Å². The van der Waals surface area contributed by atoms with Gasteiger partial charge in [0.25, 0.3) is 0 Å². The zero-order valence-electron chi connectivity index (χ0n) is 29.8.